The molecule has 0 aromatic heterocycles. The maximum Gasteiger partial charge on any atom is 0.217 e. The van der Waals surface area contributed by atoms with Gasteiger partial charge in [-0.25, -0.2) is 0 Å². The summed E-state index contributed by atoms with van der Waals surface area (Å²) in [5, 5.41) is 2.45. The molecule has 0 atom stereocenters. The van der Waals surface area contributed by atoms with E-state index in [1.165, 1.54) is 21.1 Å². The van der Waals surface area contributed by atoms with Crippen molar-refractivity contribution < 1.29 is 19.1 Å². The fourth-order valence-corrected chi connectivity index (χ4v) is 1.33. The molecule has 1 N–H and O–H groups in total. The number of hydrogen-bond acceptors (Lipinski definition) is 4. The van der Waals surface area contributed by atoms with Crippen molar-refractivity contribution in [1.29, 1.82) is 0 Å². The minimum absolute atomic E-state index is 0.0567. The fraction of sp³-hybridized carbons (Fsp3) is 0.333. The highest BCUT2D eigenvalue weighted by Crippen LogP contribution is 2.24. The SMILES string of the molecule is COc1ccc(OC)c(C(=O)CNC(C)=O)c1. The van der Waals surface area contributed by atoms with E-state index in [-0.39, 0.29) is 18.2 Å². The van der Waals surface area contributed by atoms with Crippen molar-refractivity contribution >= 4 is 11.7 Å². The fourth-order valence-electron chi connectivity index (χ4n) is 1.33. The summed E-state index contributed by atoms with van der Waals surface area (Å²) in [6, 6.07) is 4.94. The minimum Gasteiger partial charge on any atom is -0.497 e. The van der Waals surface area contributed by atoms with E-state index in [9.17, 15) is 9.59 Å². The molecule has 0 saturated carbocycles. The smallest absolute Gasteiger partial charge is 0.217 e. The van der Waals surface area contributed by atoms with E-state index in [4.69, 9.17) is 9.47 Å². The zero-order chi connectivity index (χ0) is 12.8. The molecule has 5 heteroatoms. The molecule has 1 aromatic carbocycles. The predicted octanol–water partition coefficient (Wildman–Crippen LogP) is 1.02. The quantitative estimate of drug-likeness (QED) is 0.777. The Morgan fingerprint density at radius 2 is 1.94 bits per heavy atom. The number of rotatable bonds is 5. The highest BCUT2D eigenvalue weighted by atomic mass is 16.5. The third kappa shape index (κ3) is 3.48. The van der Waals surface area contributed by atoms with E-state index in [2.05, 4.69) is 5.32 Å². The Balaban J connectivity index is 2.93. The Morgan fingerprint density at radius 3 is 2.47 bits per heavy atom. The monoisotopic (exact) mass is 237 g/mol. The number of benzene rings is 1. The van der Waals surface area contributed by atoms with Gasteiger partial charge < -0.3 is 14.8 Å². The van der Waals surface area contributed by atoms with E-state index < -0.39 is 0 Å². The maximum absolute atomic E-state index is 11.8. The van der Waals surface area contributed by atoms with Crippen LogP contribution in [0.25, 0.3) is 0 Å². The van der Waals surface area contributed by atoms with Crippen LogP contribution in [-0.4, -0.2) is 32.5 Å². The van der Waals surface area contributed by atoms with E-state index in [0.29, 0.717) is 17.1 Å². The summed E-state index contributed by atoms with van der Waals surface area (Å²) in [6.45, 7) is 1.30. The van der Waals surface area contributed by atoms with Gasteiger partial charge >= 0.3 is 0 Å². The first kappa shape index (κ1) is 13.0. The molecule has 1 amide bonds. The number of nitrogens with one attached hydrogen (secondary N) is 1. The van der Waals surface area contributed by atoms with Gasteiger partial charge in [0.05, 0.1) is 26.3 Å². The van der Waals surface area contributed by atoms with Crippen molar-refractivity contribution in [2.75, 3.05) is 20.8 Å². The van der Waals surface area contributed by atoms with Crippen molar-refractivity contribution in [1.82, 2.24) is 5.32 Å². The molecule has 92 valence electrons. The van der Waals surface area contributed by atoms with Gasteiger partial charge in [-0.15, -0.1) is 0 Å². The predicted molar refractivity (Wildman–Crippen MR) is 62.6 cm³/mol. The van der Waals surface area contributed by atoms with Crippen molar-refractivity contribution in [2.45, 2.75) is 6.92 Å². The molecular weight excluding hydrogens is 222 g/mol. The Kier molecular flexibility index (Phi) is 4.51. The average Bonchev–Trinajstić information content (AvgIpc) is 2.34. The van der Waals surface area contributed by atoms with Gasteiger partial charge in [0.1, 0.15) is 11.5 Å². The second kappa shape index (κ2) is 5.89. The molecule has 1 rings (SSSR count). The van der Waals surface area contributed by atoms with Crippen molar-refractivity contribution in [3.63, 3.8) is 0 Å². The number of Topliss-reactive ketones (excluding diaryl/α,β-unsaturated/α-hetero) is 1. The molecular formula is C12H15NO4. The molecule has 17 heavy (non-hydrogen) atoms. The lowest BCUT2D eigenvalue weighted by molar-refractivity contribution is -0.118. The summed E-state index contributed by atoms with van der Waals surface area (Å²) in [5.41, 5.74) is 0.389. The van der Waals surface area contributed by atoms with Crippen molar-refractivity contribution in [2.24, 2.45) is 0 Å². The maximum atomic E-state index is 11.8. The third-order valence-corrected chi connectivity index (χ3v) is 2.20. The first-order chi connectivity index (χ1) is 8.08. The Bertz CT molecular complexity index is 429. The van der Waals surface area contributed by atoms with E-state index in [1.54, 1.807) is 18.2 Å². The topological polar surface area (TPSA) is 64.6 Å². The molecule has 0 bridgehead atoms. The van der Waals surface area contributed by atoms with Crippen LogP contribution in [0.3, 0.4) is 0 Å². The van der Waals surface area contributed by atoms with E-state index in [0.717, 1.165) is 0 Å². The number of ether oxygens (including phenoxy) is 2. The number of carbonyl (C=O) groups is 2. The number of ketones is 1. The van der Waals surface area contributed by atoms with Gasteiger partial charge in [-0.3, -0.25) is 9.59 Å². The van der Waals surface area contributed by atoms with Gasteiger partial charge in [-0.1, -0.05) is 0 Å². The van der Waals surface area contributed by atoms with Crippen LogP contribution in [0.2, 0.25) is 0 Å². The molecule has 0 aliphatic heterocycles. The summed E-state index contributed by atoms with van der Waals surface area (Å²) >= 11 is 0. The van der Waals surface area contributed by atoms with Crippen LogP contribution < -0.4 is 14.8 Å². The summed E-state index contributed by atoms with van der Waals surface area (Å²) < 4.78 is 10.1. The van der Waals surface area contributed by atoms with Crippen LogP contribution in [0.4, 0.5) is 0 Å². The first-order valence-corrected chi connectivity index (χ1v) is 5.08. The van der Waals surface area contributed by atoms with Crippen molar-refractivity contribution in [3.8, 4) is 11.5 Å². The normalized spacial score (nSPS) is 9.59. The number of amides is 1. The van der Waals surface area contributed by atoms with Gasteiger partial charge in [-0.2, -0.15) is 0 Å². The second-order valence-electron chi connectivity index (χ2n) is 3.40. The summed E-state index contributed by atoms with van der Waals surface area (Å²) in [5.74, 6) is 0.550. The molecule has 5 nitrogen and oxygen atoms in total. The van der Waals surface area contributed by atoms with Gasteiger partial charge in [0.15, 0.2) is 5.78 Å². The number of hydrogen-bond donors (Lipinski definition) is 1. The average molecular weight is 237 g/mol. The van der Waals surface area contributed by atoms with Gasteiger partial charge in [0.2, 0.25) is 5.91 Å². The molecule has 0 spiro atoms. The molecule has 1 aromatic rings. The lowest BCUT2D eigenvalue weighted by atomic mass is 10.1. The van der Waals surface area contributed by atoms with Crippen LogP contribution >= 0.6 is 0 Å². The van der Waals surface area contributed by atoms with Crippen LogP contribution in [0.5, 0.6) is 11.5 Å². The standard InChI is InChI=1S/C12H15NO4/c1-8(14)13-7-11(15)10-6-9(16-2)4-5-12(10)17-3/h4-6H,7H2,1-3H3,(H,13,14). The molecule has 0 radical (unpaired) electrons. The van der Waals surface area contributed by atoms with Crippen LogP contribution in [0.15, 0.2) is 18.2 Å². The minimum atomic E-state index is -0.250. The first-order valence-electron chi connectivity index (χ1n) is 5.08. The van der Waals surface area contributed by atoms with Gasteiger partial charge in [-0.05, 0) is 18.2 Å². The number of methoxy groups -OCH3 is 2. The molecule has 0 fully saturated rings. The van der Waals surface area contributed by atoms with Gasteiger partial charge in [0.25, 0.3) is 0 Å². The highest BCUT2D eigenvalue weighted by Gasteiger charge is 2.13. The van der Waals surface area contributed by atoms with Crippen molar-refractivity contribution in [3.05, 3.63) is 23.8 Å². The molecule has 0 unspecified atom stereocenters. The lowest BCUT2D eigenvalue weighted by Gasteiger charge is -2.09. The molecule has 0 aliphatic rings. The Hall–Kier alpha value is -2.04. The largest absolute Gasteiger partial charge is 0.497 e. The number of carbonyl (C=O) groups excluding carboxylic acids is 2. The summed E-state index contributed by atoms with van der Waals surface area (Å²) in [7, 11) is 3.00. The summed E-state index contributed by atoms with van der Waals surface area (Å²) in [4.78, 5) is 22.6. The lowest BCUT2D eigenvalue weighted by Crippen LogP contribution is -2.27. The molecule has 0 aliphatic carbocycles. The zero-order valence-electron chi connectivity index (χ0n) is 10.1. The second-order valence-corrected chi connectivity index (χ2v) is 3.40. The van der Waals surface area contributed by atoms with Gasteiger partial charge in [0, 0.05) is 6.92 Å². The molecule has 0 heterocycles. The highest BCUT2D eigenvalue weighted by molar-refractivity contribution is 6.01. The Morgan fingerprint density at radius 1 is 1.24 bits per heavy atom. The van der Waals surface area contributed by atoms with E-state index >= 15 is 0 Å². The summed E-state index contributed by atoms with van der Waals surface area (Å²) in [6.07, 6.45) is 0. The third-order valence-electron chi connectivity index (χ3n) is 2.20. The van der Waals surface area contributed by atoms with Crippen LogP contribution in [0, 0.1) is 0 Å². The van der Waals surface area contributed by atoms with E-state index in [1.807, 2.05) is 0 Å². The Labute approximate surface area is 99.7 Å². The zero-order valence-corrected chi connectivity index (χ0v) is 10.1. The van der Waals surface area contributed by atoms with Crippen LogP contribution in [0.1, 0.15) is 17.3 Å². The molecule has 0 saturated heterocycles. The van der Waals surface area contributed by atoms with Crippen LogP contribution in [-0.2, 0) is 4.79 Å².